The van der Waals surface area contributed by atoms with Crippen molar-refractivity contribution in [2.45, 2.75) is 30.8 Å². The molecule has 0 aromatic carbocycles. The molecule has 1 aromatic rings. The van der Waals surface area contributed by atoms with Gasteiger partial charge in [0.2, 0.25) is 0 Å². The smallest absolute Gasteiger partial charge is 0.139 e. The summed E-state index contributed by atoms with van der Waals surface area (Å²) >= 11 is 1.69. The van der Waals surface area contributed by atoms with Crippen molar-refractivity contribution in [1.29, 1.82) is 0 Å². The van der Waals surface area contributed by atoms with E-state index >= 15 is 0 Å². The van der Waals surface area contributed by atoms with E-state index < -0.39 is 0 Å². The molecule has 1 heterocycles. The first kappa shape index (κ1) is 8.88. The van der Waals surface area contributed by atoms with Gasteiger partial charge in [-0.3, -0.25) is 4.98 Å². The summed E-state index contributed by atoms with van der Waals surface area (Å²) in [4.78, 5) is 5.29. The Balaban J connectivity index is 2.27. The molecule has 0 aliphatic heterocycles. The van der Waals surface area contributed by atoms with Crippen LogP contribution in [-0.2, 0) is 0 Å². The summed E-state index contributed by atoms with van der Waals surface area (Å²) in [6.45, 7) is 2.05. The van der Waals surface area contributed by atoms with E-state index in [9.17, 15) is 0 Å². The Labute approximate surface area is 82.7 Å². The number of pyridine rings is 1. The number of thioether (sulfide) groups is 1. The molecule has 0 N–H and O–H groups in total. The Morgan fingerprint density at radius 1 is 1.46 bits per heavy atom. The lowest BCUT2D eigenvalue weighted by Gasteiger charge is -2.10. The van der Waals surface area contributed by atoms with Gasteiger partial charge in [0.05, 0.1) is 11.0 Å². The van der Waals surface area contributed by atoms with Gasteiger partial charge in [0.1, 0.15) is 5.75 Å². The molecule has 3 heteroatoms. The molecule has 2 rings (SSSR count). The van der Waals surface area contributed by atoms with E-state index in [2.05, 4.69) is 11.2 Å². The minimum atomic E-state index is 0.465. The molecule has 0 spiro atoms. The molecule has 0 amide bonds. The first-order chi connectivity index (χ1) is 6.31. The average Bonchev–Trinajstić information content (AvgIpc) is 2.92. The van der Waals surface area contributed by atoms with Crippen LogP contribution in [0.1, 0.15) is 18.4 Å². The zero-order valence-electron chi connectivity index (χ0n) is 7.91. The molecule has 13 heavy (non-hydrogen) atoms. The lowest BCUT2D eigenvalue weighted by Crippen LogP contribution is -1.99. The van der Waals surface area contributed by atoms with Crippen LogP contribution < -0.4 is 4.74 Å². The number of aromatic nitrogens is 1. The van der Waals surface area contributed by atoms with Crippen molar-refractivity contribution in [2.24, 2.45) is 0 Å². The maximum Gasteiger partial charge on any atom is 0.139 e. The van der Waals surface area contributed by atoms with Crippen molar-refractivity contribution < 1.29 is 4.74 Å². The number of hydrogen-bond acceptors (Lipinski definition) is 3. The summed E-state index contributed by atoms with van der Waals surface area (Å²) in [6.07, 6.45) is 8.65. The van der Waals surface area contributed by atoms with Crippen molar-refractivity contribution in [1.82, 2.24) is 4.98 Å². The van der Waals surface area contributed by atoms with Crippen molar-refractivity contribution in [3.63, 3.8) is 0 Å². The third-order valence-electron chi connectivity index (χ3n) is 2.07. The quantitative estimate of drug-likeness (QED) is 0.692. The van der Waals surface area contributed by atoms with Crippen LogP contribution in [0.25, 0.3) is 0 Å². The highest BCUT2D eigenvalue weighted by Gasteiger charge is 2.25. The summed E-state index contributed by atoms with van der Waals surface area (Å²) in [5.74, 6) is 1.03. The largest absolute Gasteiger partial charge is 0.489 e. The van der Waals surface area contributed by atoms with E-state index in [-0.39, 0.29) is 0 Å². The molecule has 2 nitrogen and oxygen atoms in total. The van der Waals surface area contributed by atoms with Gasteiger partial charge in [0, 0.05) is 18.0 Å². The van der Waals surface area contributed by atoms with Gasteiger partial charge >= 0.3 is 0 Å². The van der Waals surface area contributed by atoms with Crippen LogP contribution in [0.3, 0.4) is 0 Å². The molecule has 0 radical (unpaired) electrons. The molecule has 1 aliphatic rings. The van der Waals surface area contributed by atoms with Crippen molar-refractivity contribution >= 4 is 11.8 Å². The van der Waals surface area contributed by atoms with Crippen molar-refractivity contribution in [2.75, 3.05) is 6.26 Å². The van der Waals surface area contributed by atoms with Gasteiger partial charge in [-0.05, 0) is 26.0 Å². The summed E-state index contributed by atoms with van der Waals surface area (Å²) in [5.41, 5.74) is 1.14. The fourth-order valence-electron chi connectivity index (χ4n) is 1.18. The Kier molecular flexibility index (Phi) is 2.44. The maximum atomic E-state index is 5.82. The van der Waals surface area contributed by atoms with Crippen LogP contribution in [0, 0.1) is 6.92 Å². The van der Waals surface area contributed by atoms with Crippen LogP contribution in [-0.4, -0.2) is 17.3 Å². The molecule has 0 bridgehead atoms. The van der Waals surface area contributed by atoms with Gasteiger partial charge in [-0.15, -0.1) is 11.8 Å². The van der Waals surface area contributed by atoms with E-state index in [1.54, 1.807) is 11.8 Å². The molecule has 0 saturated heterocycles. The van der Waals surface area contributed by atoms with E-state index in [4.69, 9.17) is 4.74 Å². The lowest BCUT2D eigenvalue weighted by atomic mass is 10.3. The van der Waals surface area contributed by atoms with Crippen molar-refractivity contribution in [3.8, 4) is 5.75 Å². The fourth-order valence-corrected chi connectivity index (χ4v) is 1.74. The predicted octanol–water partition coefficient (Wildman–Crippen LogP) is 2.65. The summed E-state index contributed by atoms with van der Waals surface area (Å²) in [6, 6.07) is 0. The van der Waals surface area contributed by atoms with Crippen LogP contribution in [0.15, 0.2) is 17.3 Å². The van der Waals surface area contributed by atoms with Crippen LogP contribution in [0.5, 0.6) is 5.75 Å². The molecule has 1 fully saturated rings. The molecular weight excluding hydrogens is 182 g/mol. The molecule has 0 atom stereocenters. The third-order valence-corrected chi connectivity index (χ3v) is 2.80. The number of ether oxygens (including phenoxy) is 1. The number of hydrogen-bond donors (Lipinski definition) is 0. The summed E-state index contributed by atoms with van der Waals surface area (Å²) in [7, 11) is 0. The van der Waals surface area contributed by atoms with Gasteiger partial charge in [-0.2, -0.15) is 0 Å². The highest BCUT2D eigenvalue weighted by molar-refractivity contribution is 7.98. The van der Waals surface area contributed by atoms with Crippen LogP contribution >= 0.6 is 11.8 Å². The second kappa shape index (κ2) is 3.58. The predicted molar refractivity (Wildman–Crippen MR) is 54.4 cm³/mol. The van der Waals surface area contributed by atoms with E-state index in [0.717, 1.165) is 16.2 Å². The zero-order valence-corrected chi connectivity index (χ0v) is 8.73. The highest BCUT2D eigenvalue weighted by atomic mass is 32.2. The van der Waals surface area contributed by atoms with E-state index in [1.807, 2.05) is 19.3 Å². The number of aryl methyl sites for hydroxylation is 1. The van der Waals surface area contributed by atoms with Crippen molar-refractivity contribution in [3.05, 3.63) is 18.0 Å². The Hall–Kier alpha value is -0.700. The van der Waals surface area contributed by atoms with E-state index in [0.29, 0.717) is 6.10 Å². The van der Waals surface area contributed by atoms with Gasteiger partial charge in [0.25, 0.3) is 0 Å². The van der Waals surface area contributed by atoms with Gasteiger partial charge in [0.15, 0.2) is 0 Å². The molecule has 1 aliphatic carbocycles. The first-order valence-electron chi connectivity index (χ1n) is 4.46. The van der Waals surface area contributed by atoms with E-state index in [1.165, 1.54) is 12.8 Å². The minimum absolute atomic E-state index is 0.465. The number of rotatable bonds is 3. The topological polar surface area (TPSA) is 22.1 Å². The van der Waals surface area contributed by atoms with Crippen LogP contribution in [0.2, 0.25) is 0 Å². The Morgan fingerprint density at radius 2 is 2.23 bits per heavy atom. The molecular formula is C10H13NOS. The lowest BCUT2D eigenvalue weighted by molar-refractivity contribution is 0.293. The van der Waals surface area contributed by atoms with Gasteiger partial charge < -0.3 is 4.74 Å². The first-order valence-corrected chi connectivity index (χ1v) is 5.69. The molecule has 70 valence electrons. The Morgan fingerprint density at radius 3 is 2.85 bits per heavy atom. The molecule has 0 unspecified atom stereocenters. The Bertz CT molecular complexity index is 310. The normalized spacial score (nSPS) is 15.8. The molecule has 1 saturated carbocycles. The molecule has 1 aromatic heterocycles. The van der Waals surface area contributed by atoms with Gasteiger partial charge in [-0.1, -0.05) is 0 Å². The SMILES string of the molecule is CSc1cncc(C)c1OC1CC1. The van der Waals surface area contributed by atoms with Gasteiger partial charge in [-0.25, -0.2) is 0 Å². The summed E-state index contributed by atoms with van der Waals surface area (Å²) < 4.78 is 5.82. The fraction of sp³-hybridized carbons (Fsp3) is 0.500. The average molecular weight is 195 g/mol. The van der Waals surface area contributed by atoms with Crippen LogP contribution in [0.4, 0.5) is 0 Å². The second-order valence-electron chi connectivity index (χ2n) is 3.30. The minimum Gasteiger partial charge on any atom is -0.489 e. The second-order valence-corrected chi connectivity index (χ2v) is 4.15. The number of nitrogens with zero attached hydrogens (tertiary/aromatic N) is 1. The standard InChI is InChI=1S/C10H13NOS/c1-7-5-11-6-9(13-2)10(7)12-8-3-4-8/h5-6,8H,3-4H2,1-2H3. The third kappa shape index (κ3) is 1.97. The highest BCUT2D eigenvalue weighted by Crippen LogP contribution is 2.34. The monoisotopic (exact) mass is 195 g/mol. The zero-order chi connectivity index (χ0) is 9.26. The summed E-state index contributed by atoms with van der Waals surface area (Å²) in [5, 5.41) is 0. The maximum absolute atomic E-state index is 5.82.